The molecule has 0 aliphatic rings. The van der Waals surface area contributed by atoms with Crippen LogP contribution in [0.25, 0.3) is 0 Å². The molecule has 0 N–H and O–H groups in total. The zero-order valence-corrected chi connectivity index (χ0v) is 9.58. The maximum absolute atomic E-state index is 8.98. The van der Waals surface area contributed by atoms with Crippen LogP contribution in [-0.2, 0) is 0 Å². The van der Waals surface area contributed by atoms with Crippen molar-refractivity contribution >= 4 is 21.6 Å². The second-order valence-electron chi connectivity index (χ2n) is 2.91. The number of hydrogen-bond acceptors (Lipinski definition) is 2. The summed E-state index contributed by atoms with van der Waals surface area (Å²) in [7, 11) is 1.93. The Balaban J connectivity index is 3.14. The third kappa shape index (κ3) is 2.15. The number of anilines is 1. The van der Waals surface area contributed by atoms with E-state index < -0.39 is 0 Å². The summed E-state index contributed by atoms with van der Waals surface area (Å²) in [6, 6.07) is 7.89. The van der Waals surface area contributed by atoms with Gasteiger partial charge in [-0.1, -0.05) is 12.1 Å². The van der Waals surface area contributed by atoms with Crippen molar-refractivity contribution in [2.24, 2.45) is 0 Å². The van der Waals surface area contributed by atoms with Crippen molar-refractivity contribution < 1.29 is 0 Å². The quantitative estimate of drug-likeness (QED) is 0.772. The largest absolute Gasteiger partial charge is 0.370 e. The summed E-state index contributed by atoms with van der Waals surface area (Å²) in [5.74, 6) is 0. The van der Waals surface area contributed by atoms with Gasteiger partial charge in [-0.25, -0.2) is 0 Å². The molecule has 0 radical (unpaired) electrons. The van der Waals surface area contributed by atoms with Gasteiger partial charge in [0.05, 0.1) is 11.3 Å². The molecule has 0 amide bonds. The normalized spacial score (nSPS) is 9.21. The van der Waals surface area contributed by atoms with Crippen LogP contribution in [0.4, 0.5) is 5.69 Å². The Kier molecular flexibility index (Phi) is 3.73. The van der Waals surface area contributed by atoms with E-state index in [0.29, 0.717) is 5.56 Å². The summed E-state index contributed by atoms with van der Waals surface area (Å²) >= 11 is 3.35. The van der Waals surface area contributed by atoms with Crippen LogP contribution >= 0.6 is 15.9 Å². The van der Waals surface area contributed by atoms with Crippen LogP contribution < -0.4 is 4.90 Å². The fourth-order valence-electron chi connectivity index (χ4n) is 1.23. The minimum Gasteiger partial charge on any atom is -0.370 e. The highest BCUT2D eigenvalue weighted by Gasteiger charge is 2.08. The summed E-state index contributed by atoms with van der Waals surface area (Å²) in [5.41, 5.74) is 1.58. The minimum atomic E-state index is 0.664. The van der Waals surface area contributed by atoms with Gasteiger partial charge in [0.1, 0.15) is 6.07 Å². The maximum atomic E-state index is 8.98. The summed E-state index contributed by atoms with van der Waals surface area (Å²) in [5, 5.41) is 8.98. The zero-order valence-electron chi connectivity index (χ0n) is 8.00. The van der Waals surface area contributed by atoms with E-state index in [2.05, 4.69) is 28.6 Å². The molecular weight excluding hydrogens is 240 g/mol. The fraction of sp³-hybridized carbons (Fsp3) is 0.182. The van der Waals surface area contributed by atoms with Crippen molar-refractivity contribution in [2.45, 2.75) is 0 Å². The Bertz CT molecular complexity index is 379. The van der Waals surface area contributed by atoms with Crippen LogP contribution in [0.5, 0.6) is 0 Å². The van der Waals surface area contributed by atoms with Crippen LogP contribution in [-0.4, -0.2) is 13.6 Å². The van der Waals surface area contributed by atoms with Crippen molar-refractivity contribution in [3.63, 3.8) is 0 Å². The molecule has 0 aliphatic carbocycles. The molecular formula is C11H11BrN2. The SMILES string of the molecule is C=CCN(C)c1cccc(Br)c1C#N. The predicted octanol–water partition coefficient (Wildman–Crippen LogP) is 2.94. The summed E-state index contributed by atoms with van der Waals surface area (Å²) in [6.45, 7) is 4.40. The average molecular weight is 251 g/mol. The van der Waals surface area contributed by atoms with Crippen LogP contribution in [0.3, 0.4) is 0 Å². The summed E-state index contributed by atoms with van der Waals surface area (Å²) in [6.07, 6.45) is 1.81. The topological polar surface area (TPSA) is 27.0 Å². The molecule has 1 aromatic carbocycles. The smallest absolute Gasteiger partial charge is 0.103 e. The van der Waals surface area contributed by atoms with E-state index in [0.717, 1.165) is 16.7 Å². The lowest BCUT2D eigenvalue weighted by Crippen LogP contribution is -2.17. The first-order valence-corrected chi connectivity index (χ1v) is 5.00. The molecule has 0 bridgehead atoms. The monoisotopic (exact) mass is 250 g/mol. The lowest BCUT2D eigenvalue weighted by molar-refractivity contribution is 1.03. The van der Waals surface area contributed by atoms with E-state index in [4.69, 9.17) is 5.26 Å². The Morgan fingerprint density at radius 2 is 2.36 bits per heavy atom. The van der Waals surface area contributed by atoms with Crippen LogP contribution in [0.15, 0.2) is 35.3 Å². The van der Waals surface area contributed by atoms with E-state index in [1.165, 1.54) is 0 Å². The van der Waals surface area contributed by atoms with Crippen LogP contribution in [0.2, 0.25) is 0 Å². The van der Waals surface area contributed by atoms with Gasteiger partial charge in [-0.2, -0.15) is 5.26 Å². The molecule has 14 heavy (non-hydrogen) atoms. The lowest BCUT2D eigenvalue weighted by atomic mass is 10.2. The third-order valence-electron chi connectivity index (χ3n) is 1.92. The molecule has 0 atom stereocenters. The van der Waals surface area contributed by atoms with Gasteiger partial charge < -0.3 is 4.90 Å². The van der Waals surface area contributed by atoms with Gasteiger partial charge in [0, 0.05) is 18.1 Å². The molecule has 0 fully saturated rings. The molecule has 0 saturated heterocycles. The molecule has 1 rings (SSSR count). The first-order chi connectivity index (χ1) is 6.70. The van der Waals surface area contributed by atoms with E-state index >= 15 is 0 Å². The first-order valence-electron chi connectivity index (χ1n) is 4.21. The van der Waals surface area contributed by atoms with Crippen molar-refractivity contribution in [3.8, 4) is 6.07 Å². The predicted molar refractivity (Wildman–Crippen MR) is 62.3 cm³/mol. The van der Waals surface area contributed by atoms with Gasteiger partial charge >= 0.3 is 0 Å². The van der Waals surface area contributed by atoms with Gasteiger partial charge in [0.15, 0.2) is 0 Å². The van der Waals surface area contributed by atoms with E-state index in [9.17, 15) is 0 Å². The number of halogens is 1. The molecule has 72 valence electrons. The minimum absolute atomic E-state index is 0.664. The van der Waals surface area contributed by atoms with Gasteiger partial charge in [-0.05, 0) is 28.1 Å². The van der Waals surface area contributed by atoms with Gasteiger partial charge in [0.25, 0.3) is 0 Å². The summed E-state index contributed by atoms with van der Waals surface area (Å²) in [4.78, 5) is 1.98. The molecule has 0 unspecified atom stereocenters. The first kappa shape index (κ1) is 10.8. The number of rotatable bonds is 3. The van der Waals surface area contributed by atoms with Gasteiger partial charge in [-0.15, -0.1) is 6.58 Å². The number of nitrogens with zero attached hydrogens (tertiary/aromatic N) is 2. The molecule has 1 aromatic rings. The number of nitriles is 1. The molecule has 0 spiro atoms. The molecule has 2 nitrogen and oxygen atoms in total. The summed E-state index contributed by atoms with van der Waals surface area (Å²) < 4.78 is 0.827. The van der Waals surface area contributed by atoms with E-state index in [1.807, 2.05) is 36.2 Å². The van der Waals surface area contributed by atoms with Gasteiger partial charge in [0.2, 0.25) is 0 Å². The zero-order chi connectivity index (χ0) is 10.6. The van der Waals surface area contributed by atoms with Crippen LogP contribution in [0.1, 0.15) is 5.56 Å². The number of benzene rings is 1. The second-order valence-corrected chi connectivity index (χ2v) is 3.77. The van der Waals surface area contributed by atoms with Crippen molar-refractivity contribution in [1.29, 1.82) is 5.26 Å². The molecule has 3 heteroatoms. The second kappa shape index (κ2) is 4.83. The highest BCUT2D eigenvalue weighted by atomic mass is 79.9. The Hall–Kier alpha value is -1.27. The molecule has 0 aromatic heterocycles. The highest BCUT2D eigenvalue weighted by Crippen LogP contribution is 2.26. The highest BCUT2D eigenvalue weighted by molar-refractivity contribution is 9.10. The Labute approximate surface area is 92.6 Å². The Morgan fingerprint density at radius 1 is 1.64 bits per heavy atom. The van der Waals surface area contributed by atoms with E-state index in [1.54, 1.807) is 0 Å². The Morgan fingerprint density at radius 3 is 2.93 bits per heavy atom. The molecule has 0 heterocycles. The van der Waals surface area contributed by atoms with Crippen LogP contribution in [0, 0.1) is 11.3 Å². The number of hydrogen-bond donors (Lipinski definition) is 0. The molecule has 0 aliphatic heterocycles. The van der Waals surface area contributed by atoms with Crippen molar-refractivity contribution in [3.05, 3.63) is 40.9 Å². The third-order valence-corrected chi connectivity index (χ3v) is 2.58. The van der Waals surface area contributed by atoms with Crippen molar-refractivity contribution in [2.75, 3.05) is 18.5 Å². The standard InChI is InChI=1S/C11H11BrN2/c1-3-7-14(2)11-6-4-5-10(12)9(11)8-13/h3-6H,1,7H2,2H3. The average Bonchev–Trinajstić information content (AvgIpc) is 2.17. The van der Waals surface area contributed by atoms with Gasteiger partial charge in [-0.3, -0.25) is 0 Å². The molecule has 0 saturated carbocycles. The fourth-order valence-corrected chi connectivity index (χ4v) is 1.68. The number of likely N-dealkylation sites (N-methyl/N-ethyl adjacent to an activating group) is 1. The lowest BCUT2D eigenvalue weighted by Gasteiger charge is -2.18. The van der Waals surface area contributed by atoms with E-state index in [-0.39, 0.29) is 0 Å². The van der Waals surface area contributed by atoms with Crippen molar-refractivity contribution in [1.82, 2.24) is 0 Å². The maximum Gasteiger partial charge on any atom is 0.103 e.